The first-order chi connectivity index (χ1) is 13.5. The lowest BCUT2D eigenvalue weighted by Gasteiger charge is -2.29. The quantitative estimate of drug-likeness (QED) is 0.565. The van der Waals surface area contributed by atoms with E-state index in [1.807, 2.05) is 61.5 Å². The Morgan fingerprint density at radius 1 is 1.11 bits per heavy atom. The van der Waals surface area contributed by atoms with Crippen LogP contribution in [-0.2, 0) is 16.1 Å². The van der Waals surface area contributed by atoms with E-state index in [1.165, 1.54) is 0 Å². The van der Waals surface area contributed by atoms with Crippen LogP contribution in [0.15, 0.2) is 59.5 Å². The average molecular weight is 419 g/mol. The molecule has 0 aliphatic rings. The lowest BCUT2D eigenvalue weighted by atomic mass is 10.1. The second-order valence-corrected chi connectivity index (χ2v) is 8.13. The number of hydrogen-bond acceptors (Lipinski definition) is 3. The van der Waals surface area contributed by atoms with Crippen molar-refractivity contribution in [1.82, 2.24) is 10.2 Å². The van der Waals surface area contributed by atoms with Crippen molar-refractivity contribution in [2.45, 2.75) is 44.2 Å². The van der Waals surface area contributed by atoms with Gasteiger partial charge in [-0.3, -0.25) is 9.59 Å². The molecular weight excluding hydrogens is 392 g/mol. The van der Waals surface area contributed by atoms with E-state index >= 15 is 0 Å². The largest absolute Gasteiger partial charge is 0.354 e. The second-order valence-electron chi connectivity index (χ2n) is 6.53. The summed E-state index contributed by atoms with van der Waals surface area (Å²) in [7, 11) is 0. The molecule has 4 nitrogen and oxygen atoms in total. The molecule has 6 heteroatoms. The standard InChI is InChI=1S/C22H27ClN2O2S/c1-3-14-24-22(27)17(2)25(16-18-7-5-4-6-8-18)21(26)13-15-28-20-11-9-19(23)10-12-20/h4-12,17H,3,13-16H2,1-2H3,(H,24,27)/t17-/m0/s1. The van der Waals surface area contributed by atoms with E-state index < -0.39 is 6.04 Å². The van der Waals surface area contributed by atoms with Gasteiger partial charge in [0, 0.05) is 35.2 Å². The molecule has 0 saturated carbocycles. The van der Waals surface area contributed by atoms with Crippen molar-refractivity contribution in [3.05, 3.63) is 65.2 Å². The van der Waals surface area contributed by atoms with Gasteiger partial charge in [-0.05, 0) is 43.2 Å². The van der Waals surface area contributed by atoms with Gasteiger partial charge >= 0.3 is 0 Å². The maximum atomic E-state index is 12.9. The number of amides is 2. The van der Waals surface area contributed by atoms with Gasteiger partial charge in [0.2, 0.25) is 11.8 Å². The molecule has 0 saturated heterocycles. The first-order valence-corrected chi connectivity index (χ1v) is 10.9. The van der Waals surface area contributed by atoms with Gasteiger partial charge < -0.3 is 10.2 Å². The third kappa shape index (κ3) is 7.21. The molecular formula is C22H27ClN2O2S. The summed E-state index contributed by atoms with van der Waals surface area (Å²) in [6.07, 6.45) is 1.23. The highest BCUT2D eigenvalue weighted by molar-refractivity contribution is 7.99. The molecule has 0 fully saturated rings. The smallest absolute Gasteiger partial charge is 0.242 e. The van der Waals surface area contributed by atoms with Crippen LogP contribution < -0.4 is 5.32 Å². The number of carbonyl (C=O) groups is 2. The van der Waals surface area contributed by atoms with E-state index in [4.69, 9.17) is 11.6 Å². The number of nitrogens with one attached hydrogen (secondary N) is 1. The lowest BCUT2D eigenvalue weighted by molar-refractivity contribution is -0.140. The van der Waals surface area contributed by atoms with Gasteiger partial charge in [0.25, 0.3) is 0 Å². The summed E-state index contributed by atoms with van der Waals surface area (Å²) in [6, 6.07) is 16.8. The third-order valence-corrected chi connectivity index (χ3v) is 5.58. The number of rotatable bonds is 10. The minimum Gasteiger partial charge on any atom is -0.354 e. The zero-order valence-corrected chi connectivity index (χ0v) is 17.9. The molecule has 1 N–H and O–H groups in total. The van der Waals surface area contributed by atoms with Crippen LogP contribution in [0.4, 0.5) is 0 Å². The third-order valence-electron chi connectivity index (χ3n) is 4.31. The second kappa shape index (κ2) is 11.8. The highest BCUT2D eigenvalue weighted by Crippen LogP contribution is 2.22. The van der Waals surface area contributed by atoms with Crippen LogP contribution >= 0.6 is 23.4 Å². The topological polar surface area (TPSA) is 49.4 Å². The van der Waals surface area contributed by atoms with Crippen LogP contribution in [0, 0.1) is 0 Å². The van der Waals surface area contributed by atoms with Crippen LogP contribution in [0.3, 0.4) is 0 Å². The van der Waals surface area contributed by atoms with Crippen molar-refractivity contribution in [1.29, 1.82) is 0 Å². The predicted molar refractivity (Wildman–Crippen MR) is 117 cm³/mol. The Kier molecular flexibility index (Phi) is 9.38. The fraction of sp³-hybridized carbons (Fsp3) is 0.364. The first kappa shape index (κ1) is 22.3. The molecule has 0 bridgehead atoms. The molecule has 0 heterocycles. The fourth-order valence-corrected chi connectivity index (χ4v) is 3.66. The molecule has 150 valence electrons. The normalized spacial score (nSPS) is 11.7. The minimum atomic E-state index is -0.514. The first-order valence-electron chi connectivity index (χ1n) is 9.50. The maximum absolute atomic E-state index is 12.9. The Bertz CT molecular complexity index is 753. The summed E-state index contributed by atoms with van der Waals surface area (Å²) >= 11 is 7.52. The fourth-order valence-electron chi connectivity index (χ4n) is 2.69. The highest BCUT2D eigenvalue weighted by Gasteiger charge is 2.25. The Hall–Kier alpha value is -1.98. The average Bonchev–Trinajstić information content (AvgIpc) is 2.71. The van der Waals surface area contributed by atoms with Gasteiger partial charge in [0.15, 0.2) is 0 Å². The van der Waals surface area contributed by atoms with Crippen molar-refractivity contribution in [2.75, 3.05) is 12.3 Å². The van der Waals surface area contributed by atoms with Crippen molar-refractivity contribution in [3.63, 3.8) is 0 Å². The summed E-state index contributed by atoms with van der Waals surface area (Å²) in [6.45, 7) is 4.83. The molecule has 2 amide bonds. The summed E-state index contributed by atoms with van der Waals surface area (Å²) < 4.78 is 0. The van der Waals surface area contributed by atoms with E-state index in [1.54, 1.807) is 23.6 Å². The van der Waals surface area contributed by atoms with Gasteiger partial charge in [-0.15, -0.1) is 11.8 Å². The molecule has 2 aromatic carbocycles. The van der Waals surface area contributed by atoms with Gasteiger partial charge in [-0.2, -0.15) is 0 Å². The Morgan fingerprint density at radius 2 is 1.79 bits per heavy atom. The van der Waals surface area contributed by atoms with Gasteiger partial charge in [-0.1, -0.05) is 48.9 Å². The van der Waals surface area contributed by atoms with E-state index in [0.29, 0.717) is 30.3 Å². The van der Waals surface area contributed by atoms with Crippen molar-refractivity contribution < 1.29 is 9.59 Å². The van der Waals surface area contributed by atoms with Crippen molar-refractivity contribution in [3.8, 4) is 0 Å². The van der Waals surface area contributed by atoms with Gasteiger partial charge in [0.1, 0.15) is 6.04 Å². The number of thioether (sulfide) groups is 1. The number of benzene rings is 2. The van der Waals surface area contributed by atoms with Crippen LogP contribution in [0.5, 0.6) is 0 Å². The molecule has 28 heavy (non-hydrogen) atoms. The lowest BCUT2D eigenvalue weighted by Crippen LogP contribution is -2.47. The van der Waals surface area contributed by atoms with Crippen molar-refractivity contribution >= 4 is 35.2 Å². The van der Waals surface area contributed by atoms with Crippen LogP contribution in [-0.4, -0.2) is 35.1 Å². The molecule has 0 unspecified atom stereocenters. The molecule has 1 atom stereocenters. The molecule has 0 aliphatic heterocycles. The maximum Gasteiger partial charge on any atom is 0.242 e. The van der Waals surface area contributed by atoms with Crippen LogP contribution in [0.1, 0.15) is 32.3 Å². The molecule has 0 aliphatic carbocycles. The van der Waals surface area contributed by atoms with Crippen molar-refractivity contribution in [2.24, 2.45) is 0 Å². The molecule has 2 rings (SSSR count). The van der Waals surface area contributed by atoms with Crippen LogP contribution in [0.25, 0.3) is 0 Å². The number of halogens is 1. The van der Waals surface area contributed by atoms with E-state index in [-0.39, 0.29) is 11.8 Å². The SMILES string of the molecule is CCCNC(=O)[C@H](C)N(Cc1ccccc1)C(=O)CCSc1ccc(Cl)cc1. The number of carbonyl (C=O) groups excluding carboxylic acids is 2. The number of nitrogens with zero attached hydrogens (tertiary/aromatic N) is 1. The zero-order valence-electron chi connectivity index (χ0n) is 16.4. The summed E-state index contributed by atoms with van der Waals surface area (Å²) in [4.78, 5) is 28.1. The number of hydrogen-bond donors (Lipinski definition) is 1. The predicted octanol–water partition coefficient (Wildman–Crippen LogP) is 4.77. The van der Waals surface area contributed by atoms with E-state index in [2.05, 4.69) is 5.32 Å². The Labute approximate surface area is 176 Å². The Balaban J connectivity index is 2.00. The highest BCUT2D eigenvalue weighted by atomic mass is 35.5. The summed E-state index contributed by atoms with van der Waals surface area (Å²) in [5.74, 6) is 0.510. The summed E-state index contributed by atoms with van der Waals surface area (Å²) in [5.41, 5.74) is 1.01. The zero-order chi connectivity index (χ0) is 20.4. The van der Waals surface area contributed by atoms with E-state index in [0.717, 1.165) is 16.9 Å². The summed E-state index contributed by atoms with van der Waals surface area (Å²) in [5, 5.41) is 3.59. The molecule has 2 aromatic rings. The Morgan fingerprint density at radius 3 is 2.43 bits per heavy atom. The monoisotopic (exact) mass is 418 g/mol. The molecule has 0 radical (unpaired) electrons. The molecule has 0 spiro atoms. The van der Waals surface area contributed by atoms with Gasteiger partial charge in [-0.25, -0.2) is 0 Å². The molecule has 0 aromatic heterocycles. The van der Waals surface area contributed by atoms with Crippen LogP contribution in [0.2, 0.25) is 5.02 Å². The van der Waals surface area contributed by atoms with Gasteiger partial charge in [0.05, 0.1) is 0 Å². The minimum absolute atomic E-state index is 0.0236. The van der Waals surface area contributed by atoms with E-state index in [9.17, 15) is 9.59 Å².